The molecule has 0 atom stereocenters. The maximum absolute atomic E-state index is 2.47. The molecule has 0 unspecified atom stereocenters. The number of benzene rings is 1. The Morgan fingerprint density at radius 1 is 1.17 bits per heavy atom. The second-order valence-corrected chi connectivity index (χ2v) is 4.48. The predicted octanol–water partition coefficient (Wildman–Crippen LogP) is 4.42. The first kappa shape index (κ1) is 14.7. The molecule has 0 aromatic heterocycles. The third-order valence-corrected chi connectivity index (χ3v) is 2.95. The van der Waals surface area contributed by atoms with Crippen molar-refractivity contribution in [2.45, 2.75) is 33.7 Å². The largest absolute Gasteiger partial charge is 0.295 e. The molecule has 0 aliphatic heterocycles. The van der Waals surface area contributed by atoms with Gasteiger partial charge in [0.2, 0.25) is 0 Å². The summed E-state index contributed by atoms with van der Waals surface area (Å²) in [5, 5.41) is 0. The van der Waals surface area contributed by atoms with Gasteiger partial charge in [-0.2, -0.15) is 0 Å². The number of nitrogens with zero attached hydrogens (tertiary/aromatic N) is 1. The fraction of sp³-hybridized carbons (Fsp3) is 0.412. The minimum atomic E-state index is 1.02. The third kappa shape index (κ3) is 5.33. The van der Waals surface area contributed by atoms with Crippen LogP contribution in [0.25, 0.3) is 0 Å². The SMILES string of the molecule is C/C=C\C(=C/CC)CN(CC)Cc1ccccc1. The molecule has 0 aliphatic carbocycles. The average molecular weight is 243 g/mol. The Bertz CT molecular complexity index is 376. The van der Waals surface area contributed by atoms with E-state index in [4.69, 9.17) is 0 Å². The summed E-state index contributed by atoms with van der Waals surface area (Å²) in [5.74, 6) is 0. The van der Waals surface area contributed by atoms with Crippen LogP contribution in [0.1, 0.15) is 32.8 Å². The molecule has 0 spiro atoms. The monoisotopic (exact) mass is 243 g/mol. The average Bonchev–Trinajstić information content (AvgIpc) is 2.39. The van der Waals surface area contributed by atoms with Gasteiger partial charge in [0.15, 0.2) is 0 Å². The fourth-order valence-corrected chi connectivity index (χ4v) is 2.04. The Hall–Kier alpha value is -1.34. The molecule has 1 aromatic carbocycles. The molecule has 0 radical (unpaired) electrons. The first-order valence-electron chi connectivity index (χ1n) is 6.88. The van der Waals surface area contributed by atoms with Gasteiger partial charge in [-0.05, 0) is 31.0 Å². The van der Waals surface area contributed by atoms with Crippen molar-refractivity contribution in [3.8, 4) is 0 Å². The zero-order chi connectivity index (χ0) is 13.2. The molecular formula is C17H25N. The Morgan fingerprint density at radius 3 is 2.44 bits per heavy atom. The van der Waals surface area contributed by atoms with Crippen LogP contribution in [0.4, 0.5) is 0 Å². The second-order valence-electron chi connectivity index (χ2n) is 4.48. The Labute approximate surface area is 112 Å². The molecule has 1 rings (SSSR count). The van der Waals surface area contributed by atoms with Crippen LogP contribution in [-0.2, 0) is 6.54 Å². The van der Waals surface area contributed by atoms with E-state index in [1.165, 1.54) is 11.1 Å². The minimum Gasteiger partial charge on any atom is -0.295 e. The lowest BCUT2D eigenvalue weighted by atomic mass is 10.1. The van der Waals surface area contributed by atoms with E-state index in [9.17, 15) is 0 Å². The molecule has 0 fully saturated rings. The van der Waals surface area contributed by atoms with Gasteiger partial charge >= 0.3 is 0 Å². The minimum absolute atomic E-state index is 1.02. The van der Waals surface area contributed by atoms with Gasteiger partial charge in [0.05, 0.1) is 0 Å². The van der Waals surface area contributed by atoms with Crippen LogP contribution in [-0.4, -0.2) is 18.0 Å². The first-order chi connectivity index (χ1) is 8.80. The summed E-state index contributed by atoms with van der Waals surface area (Å²) < 4.78 is 0. The van der Waals surface area contributed by atoms with Crippen LogP contribution in [0.3, 0.4) is 0 Å². The summed E-state index contributed by atoms with van der Waals surface area (Å²) in [6, 6.07) is 10.7. The predicted molar refractivity (Wildman–Crippen MR) is 80.6 cm³/mol. The Kier molecular flexibility index (Phi) is 7.12. The zero-order valence-corrected chi connectivity index (χ0v) is 11.9. The van der Waals surface area contributed by atoms with Crippen molar-refractivity contribution in [2.75, 3.05) is 13.1 Å². The highest BCUT2D eigenvalue weighted by molar-refractivity contribution is 5.21. The molecule has 0 saturated carbocycles. The lowest BCUT2D eigenvalue weighted by Crippen LogP contribution is -2.24. The van der Waals surface area contributed by atoms with E-state index < -0.39 is 0 Å². The van der Waals surface area contributed by atoms with Crippen LogP contribution >= 0.6 is 0 Å². The molecule has 0 saturated heterocycles. The summed E-state index contributed by atoms with van der Waals surface area (Å²) in [5.41, 5.74) is 2.80. The van der Waals surface area contributed by atoms with Gasteiger partial charge < -0.3 is 0 Å². The molecule has 0 bridgehead atoms. The van der Waals surface area contributed by atoms with Gasteiger partial charge in [0, 0.05) is 13.1 Å². The summed E-state index contributed by atoms with van der Waals surface area (Å²) in [4.78, 5) is 2.47. The van der Waals surface area contributed by atoms with E-state index in [2.05, 4.69) is 74.2 Å². The van der Waals surface area contributed by atoms with Gasteiger partial charge in [-0.3, -0.25) is 4.90 Å². The van der Waals surface area contributed by atoms with Crippen LogP contribution in [0.2, 0.25) is 0 Å². The van der Waals surface area contributed by atoms with E-state index in [1.807, 2.05) is 0 Å². The molecule has 98 valence electrons. The Balaban J connectivity index is 2.64. The second kappa shape index (κ2) is 8.71. The highest BCUT2D eigenvalue weighted by Gasteiger charge is 2.04. The number of hydrogen-bond acceptors (Lipinski definition) is 1. The molecule has 1 nitrogen and oxygen atoms in total. The molecule has 0 heterocycles. The van der Waals surface area contributed by atoms with E-state index in [0.29, 0.717) is 0 Å². The van der Waals surface area contributed by atoms with Crippen LogP contribution in [0.15, 0.2) is 54.1 Å². The molecule has 0 N–H and O–H groups in total. The van der Waals surface area contributed by atoms with E-state index in [1.54, 1.807) is 0 Å². The fourth-order valence-electron chi connectivity index (χ4n) is 2.04. The van der Waals surface area contributed by atoms with Crippen molar-refractivity contribution in [1.82, 2.24) is 4.90 Å². The topological polar surface area (TPSA) is 3.24 Å². The number of hydrogen-bond donors (Lipinski definition) is 0. The number of allylic oxidation sites excluding steroid dienone is 2. The zero-order valence-electron chi connectivity index (χ0n) is 11.9. The lowest BCUT2D eigenvalue weighted by Gasteiger charge is -2.21. The molecule has 0 aliphatic rings. The standard InChI is InChI=1S/C17H25N/c1-4-10-16(11-5-2)14-18(6-3)15-17-12-8-7-9-13-17/h4,7-13H,5-6,14-15H2,1-3H3/b10-4-,16-11+. The summed E-state index contributed by atoms with van der Waals surface area (Å²) in [7, 11) is 0. The summed E-state index contributed by atoms with van der Waals surface area (Å²) in [6.07, 6.45) is 7.76. The maximum Gasteiger partial charge on any atom is 0.0237 e. The molecule has 1 aromatic rings. The van der Waals surface area contributed by atoms with Crippen LogP contribution in [0.5, 0.6) is 0 Å². The van der Waals surface area contributed by atoms with Crippen molar-refractivity contribution < 1.29 is 0 Å². The maximum atomic E-state index is 2.47. The number of rotatable bonds is 7. The molecular weight excluding hydrogens is 218 g/mol. The van der Waals surface area contributed by atoms with Crippen LogP contribution < -0.4 is 0 Å². The van der Waals surface area contributed by atoms with Crippen molar-refractivity contribution in [2.24, 2.45) is 0 Å². The lowest BCUT2D eigenvalue weighted by molar-refractivity contribution is 0.306. The highest BCUT2D eigenvalue weighted by Crippen LogP contribution is 2.08. The normalized spacial score (nSPS) is 12.6. The quantitative estimate of drug-likeness (QED) is 0.641. The van der Waals surface area contributed by atoms with Crippen molar-refractivity contribution in [1.29, 1.82) is 0 Å². The van der Waals surface area contributed by atoms with Crippen LogP contribution in [0, 0.1) is 0 Å². The highest BCUT2D eigenvalue weighted by atomic mass is 15.1. The first-order valence-corrected chi connectivity index (χ1v) is 6.88. The smallest absolute Gasteiger partial charge is 0.0237 e. The van der Waals surface area contributed by atoms with Crippen molar-refractivity contribution in [3.63, 3.8) is 0 Å². The van der Waals surface area contributed by atoms with Crippen molar-refractivity contribution in [3.05, 3.63) is 59.7 Å². The van der Waals surface area contributed by atoms with Gasteiger partial charge in [0.25, 0.3) is 0 Å². The Morgan fingerprint density at radius 2 is 1.89 bits per heavy atom. The van der Waals surface area contributed by atoms with E-state index in [0.717, 1.165) is 26.1 Å². The molecule has 18 heavy (non-hydrogen) atoms. The van der Waals surface area contributed by atoms with Gasteiger partial charge in [-0.25, -0.2) is 0 Å². The van der Waals surface area contributed by atoms with Gasteiger partial charge in [-0.1, -0.05) is 62.4 Å². The molecule has 0 amide bonds. The van der Waals surface area contributed by atoms with Crippen molar-refractivity contribution >= 4 is 0 Å². The number of likely N-dealkylation sites (N-methyl/N-ethyl adjacent to an activating group) is 1. The molecule has 1 heteroatoms. The van der Waals surface area contributed by atoms with Gasteiger partial charge in [-0.15, -0.1) is 0 Å². The summed E-state index contributed by atoms with van der Waals surface area (Å²) >= 11 is 0. The van der Waals surface area contributed by atoms with Gasteiger partial charge in [0.1, 0.15) is 0 Å². The summed E-state index contributed by atoms with van der Waals surface area (Å²) in [6.45, 7) is 9.63. The van der Waals surface area contributed by atoms with E-state index in [-0.39, 0.29) is 0 Å². The third-order valence-electron chi connectivity index (χ3n) is 2.95. The van der Waals surface area contributed by atoms with E-state index >= 15 is 0 Å².